The van der Waals surface area contributed by atoms with Gasteiger partial charge in [-0.05, 0) is 31.2 Å². The predicted molar refractivity (Wildman–Crippen MR) is 45.3 cm³/mol. The zero-order valence-corrected chi connectivity index (χ0v) is 7.16. The van der Waals surface area contributed by atoms with E-state index in [1.54, 1.807) is 0 Å². The van der Waals surface area contributed by atoms with Gasteiger partial charge in [0.25, 0.3) is 0 Å². The molecule has 0 heterocycles. The molecule has 0 aliphatic heterocycles. The molecule has 0 bridgehead atoms. The molecular weight excluding hydrogens is 146 g/mol. The molecule has 0 saturated heterocycles. The van der Waals surface area contributed by atoms with Crippen molar-refractivity contribution in [1.29, 1.82) is 0 Å². The monoisotopic (exact) mass is 161 g/mol. The van der Waals surface area contributed by atoms with Gasteiger partial charge in [0.15, 0.2) is 0 Å². The number of halogens is 1. The minimum Gasteiger partial charge on any atom is -0.330 e. The highest BCUT2D eigenvalue weighted by Gasteiger charge is 2.31. The van der Waals surface area contributed by atoms with Crippen LogP contribution in [0.4, 0.5) is 0 Å². The largest absolute Gasteiger partial charge is 0.330 e. The van der Waals surface area contributed by atoms with E-state index in [2.05, 4.69) is 0 Å². The highest BCUT2D eigenvalue weighted by atomic mass is 35.5. The van der Waals surface area contributed by atoms with Gasteiger partial charge in [-0.25, -0.2) is 0 Å². The Morgan fingerprint density at radius 1 is 1.30 bits per heavy atom. The minimum absolute atomic E-state index is 0.432. The van der Waals surface area contributed by atoms with Crippen molar-refractivity contribution in [3.8, 4) is 0 Å². The summed E-state index contributed by atoms with van der Waals surface area (Å²) in [6.45, 7) is 0.833. The molecule has 1 rings (SSSR count). The molecule has 2 heteroatoms. The Morgan fingerprint density at radius 3 is 2.30 bits per heavy atom. The summed E-state index contributed by atoms with van der Waals surface area (Å²) in [5.41, 5.74) is 6.13. The summed E-state index contributed by atoms with van der Waals surface area (Å²) >= 11 is 5.69. The van der Waals surface area contributed by atoms with Crippen LogP contribution in [0.25, 0.3) is 0 Å². The Balaban J connectivity index is 2.41. The molecule has 0 unspecified atom stereocenters. The molecule has 1 nitrogen and oxygen atoms in total. The molecule has 0 radical (unpaired) electrons. The average Bonchev–Trinajstić information content (AvgIpc) is 2.39. The van der Waals surface area contributed by atoms with Crippen molar-refractivity contribution in [3.05, 3.63) is 0 Å². The summed E-state index contributed by atoms with van der Waals surface area (Å²) in [6, 6.07) is 0. The van der Waals surface area contributed by atoms with Gasteiger partial charge in [0, 0.05) is 5.88 Å². The molecule has 0 aromatic carbocycles. The second-order valence-corrected chi connectivity index (χ2v) is 3.73. The van der Waals surface area contributed by atoms with Crippen molar-refractivity contribution in [2.24, 2.45) is 11.1 Å². The Morgan fingerprint density at radius 2 is 1.90 bits per heavy atom. The second kappa shape index (κ2) is 3.59. The Kier molecular flexibility index (Phi) is 2.99. The summed E-state index contributed by atoms with van der Waals surface area (Å²) in [5, 5.41) is 0. The van der Waals surface area contributed by atoms with Crippen LogP contribution in [-0.2, 0) is 0 Å². The fraction of sp³-hybridized carbons (Fsp3) is 1.00. The average molecular weight is 162 g/mol. The van der Waals surface area contributed by atoms with E-state index in [-0.39, 0.29) is 0 Å². The molecule has 60 valence electrons. The Labute approximate surface area is 67.9 Å². The van der Waals surface area contributed by atoms with Gasteiger partial charge in [0.05, 0.1) is 0 Å². The number of nitrogens with two attached hydrogens (primary N) is 1. The number of hydrogen-bond donors (Lipinski definition) is 1. The van der Waals surface area contributed by atoms with E-state index < -0.39 is 0 Å². The van der Waals surface area contributed by atoms with Gasteiger partial charge >= 0.3 is 0 Å². The summed E-state index contributed by atoms with van der Waals surface area (Å²) in [4.78, 5) is 0. The number of rotatable bonds is 3. The highest BCUT2D eigenvalue weighted by molar-refractivity contribution is 6.17. The first kappa shape index (κ1) is 8.35. The highest BCUT2D eigenvalue weighted by Crippen LogP contribution is 2.40. The normalized spacial score (nSPS) is 23.4. The van der Waals surface area contributed by atoms with Crippen LogP contribution in [0.1, 0.15) is 32.1 Å². The van der Waals surface area contributed by atoms with Gasteiger partial charge in [-0.2, -0.15) is 0 Å². The maximum absolute atomic E-state index is 5.70. The Hall–Kier alpha value is 0.250. The topological polar surface area (TPSA) is 26.0 Å². The van der Waals surface area contributed by atoms with E-state index in [0.29, 0.717) is 5.41 Å². The summed E-state index contributed by atoms with van der Waals surface area (Å²) in [5.74, 6) is 0.775. The quantitative estimate of drug-likeness (QED) is 0.631. The van der Waals surface area contributed by atoms with E-state index in [1.807, 2.05) is 0 Å². The third-order valence-corrected chi connectivity index (χ3v) is 2.91. The van der Waals surface area contributed by atoms with Crippen LogP contribution in [0.15, 0.2) is 0 Å². The third-order valence-electron chi connectivity index (χ3n) is 2.72. The zero-order valence-electron chi connectivity index (χ0n) is 6.41. The molecular formula is C8H16ClN. The van der Waals surface area contributed by atoms with Crippen molar-refractivity contribution in [3.63, 3.8) is 0 Å². The molecule has 0 aromatic rings. The van der Waals surface area contributed by atoms with Crippen LogP contribution in [0.2, 0.25) is 0 Å². The molecule has 0 aromatic heterocycles. The van der Waals surface area contributed by atoms with Crippen LogP contribution in [0, 0.1) is 5.41 Å². The fourth-order valence-corrected chi connectivity index (χ4v) is 2.28. The Bertz CT molecular complexity index is 97.4. The lowest BCUT2D eigenvalue weighted by molar-refractivity contribution is 0.298. The van der Waals surface area contributed by atoms with Gasteiger partial charge in [-0.1, -0.05) is 12.8 Å². The summed E-state index contributed by atoms with van der Waals surface area (Å²) < 4.78 is 0. The molecule has 1 saturated carbocycles. The fourth-order valence-electron chi connectivity index (χ4n) is 1.88. The first-order chi connectivity index (χ1) is 4.83. The molecule has 0 amide bonds. The van der Waals surface area contributed by atoms with Crippen LogP contribution >= 0.6 is 11.6 Å². The molecule has 10 heavy (non-hydrogen) atoms. The zero-order chi connectivity index (χ0) is 7.45. The van der Waals surface area contributed by atoms with E-state index >= 15 is 0 Å². The molecule has 0 atom stereocenters. The first-order valence-electron chi connectivity index (χ1n) is 4.09. The molecule has 0 spiro atoms. The van der Waals surface area contributed by atoms with Crippen molar-refractivity contribution >= 4 is 11.6 Å². The van der Waals surface area contributed by atoms with E-state index in [4.69, 9.17) is 17.3 Å². The van der Waals surface area contributed by atoms with Gasteiger partial charge in [0.2, 0.25) is 0 Å². The smallest absolute Gasteiger partial charge is 0.0229 e. The summed E-state index contributed by atoms with van der Waals surface area (Å²) in [6.07, 6.45) is 6.43. The lowest BCUT2D eigenvalue weighted by atomic mass is 9.84. The van der Waals surface area contributed by atoms with Crippen molar-refractivity contribution in [2.75, 3.05) is 12.4 Å². The number of hydrogen-bond acceptors (Lipinski definition) is 1. The van der Waals surface area contributed by atoms with Crippen LogP contribution < -0.4 is 5.73 Å². The SMILES string of the molecule is NCC1(CCCl)CCCC1. The number of alkyl halides is 1. The van der Waals surface area contributed by atoms with Crippen LogP contribution in [0.3, 0.4) is 0 Å². The van der Waals surface area contributed by atoms with E-state index in [1.165, 1.54) is 25.7 Å². The third kappa shape index (κ3) is 1.64. The predicted octanol–water partition coefficient (Wildman–Crippen LogP) is 2.13. The molecule has 1 aliphatic carbocycles. The standard InChI is InChI=1S/C8H16ClN/c9-6-5-8(7-10)3-1-2-4-8/h1-7,10H2. The van der Waals surface area contributed by atoms with Gasteiger partial charge in [-0.15, -0.1) is 11.6 Å². The van der Waals surface area contributed by atoms with E-state index in [9.17, 15) is 0 Å². The van der Waals surface area contributed by atoms with Gasteiger partial charge < -0.3 is 5.73 Å². The van der Waals surface area contributed by atoms with Gasteiger partial charge in [-0.3, -0.25) is 0 Å². The summed E-state index contributed by atoms with van der Waals surface area (Å²) in [7, 11) is 0. The van der Waals surface area contributed by atoms with Crippen LogP contribution in [-0.4, -0.2) is 12.4 Å². The first-order valence-corrected chi connectivity index (χ1v) is 4.62. The van der Waals surface area contributed by atoms with Crippen LogP contribution in [0.5, 0.6) is 0 Å². The van der Waals surface area contributed by atoms with Crippen molar-refractivity contribution in [2.45, 2.75) is 32.1 Å². The second-order valence-electron chi connectivity index (χ2n) is 3.35. The lowest BCUT2D eigenvalue weighted by Gasteiger charge is -2.25. The maximum Gasteiger partial charge on any atom is 0.0229 e. The minimum atomic E-state index is 0.432. The van der Waals surface area contributed by atoms with E-state index in [0.717, 1.165) is 18.8 Å². The van der Waals surface area contributed by atoms with Gasteiger partial charge in [0.1, 0.15) is 0 Å². The maximum atomic E-state index is 5.70. The molecule has 1 fully saturated rings. The lowest BCUT2D eigenvalue weighted by Crippen LogP contribution is -2.27. The molecule has 1 aliphatic rings. The van der Waals surface area contributed by atoms with Crippen molar-refractivity contribution < 1.29 is 0 Å². The van der Waals surface area contributed by atoms with Crippen molar-refractivity contribution in [1.82, 2.24) is 0 Å². The molecule has 2 N–H and O–H groups in total.